The monoisotopic (exact) mass is 494 g/mol. The minimum atomic E-state index is -2.14. The highest BCUT2D eigenvalue weighted by molar-refractivity contribution is 6.74. The molecule has 1 saturated heterocycles. The van der Waals surface area contributed by atoms with Crippen LogP contribution in [0.3, 0.4) is 0 Å². The first-order valence-corrected chi connectivity index (χ1v) is 15.4. The van der Waals surface area contributed by atoms with Crippen LogP contribution in [0.15, 0.2) is 30.3 Å². The molecule has 1 heterocycles. The Labute approximate surface area is 207 Å². The summed E-state index contributed by atoms with van der Waals surface area (Å²) >= 11 is 0. The zero-order valence-corrected chi connectivity index (χ0v) is 23.6. The van der Waals surface area contributed by atoms with Gasteiger partial charge in [0, 0.05) is 18.3 Å². The van der Waals surface area contributed by atoms with Crippen molar-refractivity contribution >= 4 is 14.3 Å². The second-order valence-electron chi connectivity index (χ2n) is 11.6. The molecule has 1 N–H and O–H groups in total. The van der Waals surface area contributed by atoms with Crippen molar-refractivity contribution in [3.63, 3.8) is 0 Å². The predicted molar refractivity (Wildman–Crippen MR) is 137 cm³/mol. The minimum absolute atomic E-state index is 0.0171. The molecule has 0 aromatic heterocycles. The van der Waals surface area contributed by atoms with Crippen LogP contribution in [0.1, 0.15) is 66.4 Å². The highest BCUT2D eigenvalue weighted by Gasteiger charge is 2.52. The quantitative estimate of drug-likeness (QED) is 0.222. The minimum Gasteiger partial charge on any atom is -0.467 e. The Hall–Kier alpha value is -1.25. The highest BCUT2D eigenvalue weighted by Crippen LogP contribution is 2.44. The van der Waals surface area contributed by atoms with Crippen LogP contribution in [-0.2, 0) is 30.0 Å². The van der Waals surface area contributed by atoms with Crippen molar-refractivity contribution in [3.8, 4) is 0 Å². The number of hydrogen-bond acceptors (Lipinski definition) is 6. The van der Waals surface area contributed by atoms with Gasteiger partial charge in [-0.05, 0) is 30.1 Å². The van der Waals surface area contributed by atoms with E-state index in [4.69, 9.17) is 18.6 Å². The molecule has 1 fully saturated rings. The lowest BCUT2D eigenvalue weighted by molar-refractivity contribution is -0.142. The second kappa shape index (κ2) is 11.7. The fraction of sp³-hybridized carbons (Fsp3) is 0.741. The average molecular weight is 495 g/mol. The van der Waals surface area contributed by atoms with E-state index in [1.807, 2.05) is 30.3 Å². The summed E-state index contributed by atoms with van der Waals surface area (Å²) in [5, 5.41) is 11.4. The van der Waals surface area contributed by atoms with E-state index in [9.17, 15) is 9.90 Å². The van der Waals surface area contributed by atoms with Gasteiger partial charge in [0.1, 0.15) is 0 Å². The number of benzene rings is 1. The lowest BCUT2D eigenvalue weighted by atomic mass is 9.76. The van der Waals surface area contributed by atoms with Gasteiger partial charge in [0.25, 0.3) is 0 Å². The fourth-order valence-electron chi connectivity index (χ4n) is 3.80. The van der Waals surface area contributed by atoms with Gasteiger partial charge in [-0.2, -0.15) is 0 Å². The molecule has 0 aliphatic carbocycles. The van der Waals surface area contributed by atoms with Crippen LogP contribution in [0.5, 0.6) is 0 Å². The molecule has 1 aliphatic rings. The van der Waals surface area contributed by atoms with Crippen LogP contribution in [0.2, 0.25) is 18.1 Å². The van der Waals surface area contributed by atoms with Crippen LogP contribution >= 0.6 is 0 Å². The number of aliphatic hydroxyl groups excluding tert-OH is 1. The number of rotatable bonds is 13. The van der Waals surface area contributed by atoms with Gasteiger partial charge in [-0.25, -0.2) is 4.79 Å². The lowest BCUT2D eigenvalue weighted by Crippen LogP contribution is -2.52. The summed E-state index contributed by atoms with van der Waals surface area (Å²) < 4.78 is 23.5. The smallest absolute Gasteiger partial charge is 0.337 e. The summed E-state index contributed by atoms with van der Waals surface area (Å²) in [4.78, 5) is 11.9. The Morgan fingerprint density at radius 2 is 1.76 bits per heavy atom. The van der Waals surface area contributed by atoms with Gasteiger partial charge in [0.2, 0.25) is 0 Å². The number of methoxy groups -OCH3 is 1. The van der Waals surface area contributed by atoms with E-state index in [2.05, 4.69) is 54.6 Å². The molecule has 0 saturated carbocycles. The summed E-state index contributed by atoms with van der Waals surface area (Å²) in [6, 6.07) is 10.1. The summed E-state index contributed by atoms with van der Waals surface area (Å²) in [7, 11) is -0.768. The van der Waals surface area contributed by atoms with E-state index >= 15 is 0 Å². The maximum atomic E-state index is 11.9. The largest absolute Gasteiger partial charge is 0.467 e. The van der Waals surface area contributed by atoms with Crippen molar-refractivity contribution in [1.29, 1.82) is 0 Å². The van der Waals surface area contributed by atoms with Crippen molar-refractivity contribution in [3.05, 3.63) is 35.9 Å². The molecule has 6 nitrogen and oxygen atoms in total. The first-order chi connectivity index (χ1) is 15.7. The number of carbonyl (C=O) groups is 1. The molecule has 7 heteroatoms. The van der Waals surface area contributed by atoms with Crippen molar-refractivity contribution in [2.24, 2.45) is 5.41 Å². The van der Waals surface area contributed by atoms with Gasteiger partial charge in [-0.15, -0.1) is 0 Å². The molecular formula is C27H46O6Si. The van der Waals surface area contributed by atoms with Gasteiger partial charge >= 0.3 is 5.97 Å². The molecule has 0 spiro atoms. The molecule has 0 bridgehead atoms. The molecule has 1 aliphatic heterocycles. The van der Waals surface area contributed by atoms with E-state index in [0.29, 0.717) is 19.4 Å². The number of hydrogen-bond donors (Lipinski definition) is 1. The molecule has 1 aromatic carbocycles. The van der Waals surface area contributed by atoms with Crippen molar-refractivity contribution < 1.29 is 28.5 Å². The Bertz CT molecular complexity index is 773. The molecule has 194 valence electrons. The SMILES string of the molecule is CCC(CC(O)C(C)(C)C(CC1OC1C(=O)OC)O[Si](C)(C)C(C)(C)C)OCc1ccccc1. The first-order valence-electron chi connectivity index (χ1n) is 12.5. The second-order valence-corrected chi connectivity index (χ2v) is 16.4. The van der Waals surface area contributed by atoms with Crippen molar-refractivity contribution in [2.75, 3.05) is 7.11 Å². The number of epoxide rings is 1. The number of aliphatic hydroxyl groups is 1. The third kappa shape index (κ3) is 7.62. The van der Waals surface area contributed by atoms with Crippen LogP contribution in [0, 0.1) is 5.41 Å². The first kappa shape index (κ1) is 29.0. The molecule has 5 unspecified atom stereocenters. The standard InChI is InChI=1S/C27H46O6Si/c1-10-20(31-18-19-14-12-11-13-15-19)16-22(28)27(5,6)23(33-34(8,9)26(2,3)4)17-21-24(32-21)25(29)30-7/h11-15,20-24,28H,10,16-18H2,1-9H3. The number of esters is 1. The third-order valence-corrected chi connectivity index (χ3v) is 12.2. The van der Waals surface area contributed by atoms with Crippen LogP contribution in [0.4, 0.5) is 0 Å². The van der Waals surface area contributed by atoms with E-state index in [1.165, 1.54) is 7.11 Å². The summed E-state index contributed by atoms with van der Waals surface area (Å²) in [6.45, 7) is 17.7. The van der Waals surface area contributed by atoms with Gasteiger partial charge in [-0.3, -0.25) is 0 Å². The van der Waals surface area contributed by atoms with Gasteiger partial charge in [0.05, 0.1) is 38.1 Å². The Kier molecular flexibility index (Phi) is 9.93. The number of carbonyl (C=O) groups excluding carboxylic acids is 1. The van der Waals surface area contributed by atoms with Gasteiger partial charge in [0.15, 0.2) is 14.4 Å². The van der Waals surface area contributed by atoms with Gasteiger partial charge in [-0.1, -0.05) is 71.9 Å². The molecule has 0 amide bonds. The normalized spacial score (nSPS) is 21.6. The summed E-state index contributed by atoms with van der Waals surface area (Å²) in [5.41, 5.74) is 0.555. The average Bonchev–Trinajstić information content (AvgIpc) is 3.54. The van der Waals surface area contributed by atoms with Crippen LogP contribution in [-0.4, -0.2) is 57.0 Å². The topological polar surface area (TPSA) is 77.5 Å². The lowest BCUT2D eigenvalue weighted by Gasteiger charge is -2.46. The summed E-state index contributed by atoms with van der Waals surface area (Å²) in [5.74, 6) is -0.352. The van der Waals surface area contributed by atoms with Gasteiger partial charge < -0.3 is 23.7 Å². The molecule has 2 rings (SSSR count). The van der Waals surface area contributed by atoms with Crippen LogP contribution < -0.4 is 0 Å². The van der Waals surface area contributed by atoms with E-state index in [-0.39, 0.29) is 29.3 Å². The molecule has 5 atom stereocenters. The Morgan fingerprint density at radius 1 is 1.15 bits per heavy atom. The number of ether oxygens (including phenoxy) is 3. The van der Waals surface area contributed by atoms with Crippen molar-refractivity contribution in [2.45, 2.75) is 116 Å². The van der Waals surface area contributed by atoms with E-state index in [0.717, 1.165) is 12.0 Å². The van der Waals surface area contributed by atoms with E-state index < -0.39 is 25.9 Å². The molecular weight excluding hydrogens is 448 g/mol. The zero-order valence-electron chi connectivity index (χ0n) is 22.6. The predicted octanol–water partition coefficient (Wildman–Crippen LogP) is 5.48. The molecule has 34 heavy (non-hydrogen) atoms. The third-order valence-electron chi connectivity index (χ3n) is 7.66. The molecule has 1 aromatic rings. The zero-order chi connectivity index (χ0) is 25.7. The summed E-state index contributed by atoms with van der Waals surface area (Å²) in [6.07, 6.45) is 0.101. The maximum absolute atomic E-state index is 11.9. The Balaban J connectivity index is 2.13. The molecule has 0 radical (unpaired) electrons. The highest BCUT2D eigenvalue weighted by atomic mass is 28.4. The van der Waals surface area contributed by atoms with Crippen LogP contribution in [0.25, 0.3) is 0 Å². The fourth-order valence-corrected chi connectivity index (χ4v) is 5.27. The Morgan fingerprint density at radius 3 is 2.29 bits per heavy atom. The maximum Gasteiger partial charge on any atom is 0.337 e. The van der Waals surface area contributed by atoms with Crippen molar-refractivity contribution in [1.82, 2.24) is 0 Å². The van der Waals surface area contributed by atoms with E-state index in [1.54, 1.807) is 0 Å².